The van der Waals surface area contributed by atoms with E-state index in [4.69, 9.17) is 10.5 Å². The second-order valence-electron chi connectivity index (χ2n) is 4.40. The number of amides is 1. The van der Waals surface area contributed by atoms with Gasteiger partial charge in [0.1, 0.15) is 0 Å². The van der Waals surface area contributed by atoms with Crippen LogP contribution in [0.2, 0.25) is 0 Å². The van der Waals surface area contributed by atoms with E-state index >= 15 is 0 Å². The largest absolute Gasteiger partial charge is 0.372 e. The van der Waals surface area contributed by atoms with Crippen LogP contribution in [0, 0.1) is 0 Å². The van der Waals surface area contributed by atoms with Crippen molar-refractivity contribution < 1.29 is 9.53 Å². The van der Waals surface area contributed by atoms with Gasteiger partial charge in [0, 0.05) is 13.1 Å². The minimum atomic E-state index is -0.340. The number of hydrogen-bond acceptors (Lipinski definition) is 3. The molecule has 2 unspecified atom stereocenters. The molecule has 1 rings (SSSR count). The Hall–Kier alpha value is -0.610. The molecule has 1 amide bonds. The van der Waals surface area contributed by atoms with E-state index in [9.17, 15) is 4.79 Å². The zero-order valence-electron chi connectivity index (χ0n) is 9.90. The summed E-state index contributed by atoms with van der Waals surface area (Å²) < 4.78 is 5.57. The Balaban J connectivity index is 2.51. The van der Waals surface area contributed by atoms with Gasteiger partial charge in [0.15, 0.2) is 0 Å². The molecule has 0 radical (unpaired) electrons. The second kappa shape index (κ2) is 5.47. The van der Waals surface area contributed by atoms with Crippen molar-refractivity contribution in [2.45, 2.75) is 51.9 Å². The van der Waals surface area contributed by atoms with E-state index in [0.29, 0.717) is 13.1 Å². The van der Waals surface area contributed by atoms with Crippen LogP contribution in [0.1, 0.15) is 33.6 Å². The SMILES string of the molecule is CCC[C@H](N)C(=O)N1CC(C)OC(C)C1. The number of hydrogen-bond donors (Lipinski definition) is 1. The lowest BCUT2D eigenvalue weighted by Crippen LogP contribution is -2.53. The molecule has 4 nitrogen and oxygen atoms in total. The van der Waals surface area contributed by atoms with Gasteiger partial charge in [-0.15, -0.1) is 0 Å². The van der Waals surface area contributed by atoms with Crippen LogP contribution >= 0.6 is 0 Å². The van der Waals surface area contributed by atoms with Crippen molar-refractivity contribution in [1.29, 1.82) is 0 Å². The zero-order chi connectivity index (χ0) is 11.4. The molecule has 0 spiro atoms. The van der Waals surface area contributed by atoms with E-state index in [1.54, 1.807) is 0 Å². The summed E-state index contributed by atoms with van der Waals surface area (Å²) in [5, 5.41) is 0. The lowest BCUT2D eigenvalue weighted by atomic mass is 10.1. The molecule has 0 aromatic rings. The molecular weight excluding hydrogens is 192 g/mol. The predicted molar refractivity (Wildman–Crippen MR) is 59.5 cm³/mol. The summed E-state index contributed by atoms with van der Waals surface area (Å²) in [7, 11) is 0. The molecule has 15 heavy (non-hydrogen) atoms. The highest BCUT2D eigenvalue weighted by atomic mass is 16.5. The molecule has 2 N–H and O–H groups in total. The quantitative estimate of drug-likeness (QED) is 0.754. The van der Waals surface area contributed by atoms with Gasteiger partial charge in [-0.2, -0.15) is 0 Å². The number of nitrogens with two attached hydrogens (primary N) is 1. The highest BCUT2D eigenvalue weighted by Crippen LogP contribution is 2.12. The van der Waals surface area contributed by atoms with Crippen molar-refractivity contribution >= 4 is 5.91 Å². The van der Waals surface area contributed by atoms with Gasteiger partial charge >= 0.3 is 0 Å². The lowest BCUT2D eigenvalue weighted by Gasteiger charge is -2.36. The Morgan fingerprint density at radius 1 is 1.47 bits per heavy atom. The van der Waals surface area contributed by atoms with Gasteiger partial charge < -0.3 is 15.4 Å². The van der Waals surface area contributed by atoms with Crippen LogP contribution in [0.25, 0.3) is 0 Å². The highest BCUT2D eigenvalue weighted by Gasteiger charge is 2.28. The molecule has 1 heterocycles. The van der Waals surface area contributed by atoms with Gasteiger partial charge in [-0.3, -0.25) is 4.79 Å². The van der Waals surface area contributed by atoms with Crippen LogP contribution in [-0.4, -0.2) is 42.1 Å². The monoisotopic (exact) mass is 214 g/mol. The van der Waals surface area contributed by atoms with Crippen molar-refractivity contribution in [3.05, 3.63) is 0 Å². The summed E-state index contributed by atoms with van der Waals surface area (Å²) in [4.78, 5) is 13.8. The molecule has 1 saturated heterocycles. The Labute approximate surface area is 91.8 Å². The maximum absolute atomic E-state index is 11.9. The molecule has 1 aliphatic heterocycles. The van der Waals surface area contributed by atoms with Gasteiger partial charge in [-0.05, 0) is 20.3 Å². The fourth-order valence-electron chi connectivity index (χ4n) is 2.03. The lowest BCUT2D eigenvalue weighted by molar-refractivity contribution is -0.144. The first-order chi connectivity index (χ1) is 7.04. The molecule has 0 aromatic heterocycles. The molecular formula is C11H22N2O2. The third-order valence-corrected chi connectivity index (χ3v) is 2.65. The maximum atomic E-state index is 11.9. The molecule has 3 atom stereocenters. The molecule has 1 aliphatic rings. The van der Waals surface area contributed by atoms with Crippen molar-refractivity contribution in [3.8, 4) is 0 Å². The van der Waals surface area contributed by atoms with Crippen molar-refractivity contribution in [1.82, 2.24) is 4.90 Å². The number of carbonyl (C=O) groups is 1. The molecule has 0 saturated carbocycles. The van der Waals surface area contributed by atoms with E-state index in [-0.39, 0.29) is 24.2 Å². The highest BCUT2D eigenvalue weighted by molar-refractivity contribution is 5.81. The van der Waals surface area contributed by atoms with Crippen LogP contribution in [0.4, 0.5) is 0 Å². The van der Waals surface area contributed by atoms with Crippen molar-refractivity contribution in [2.75, 3.05) is 13.1 Å². The number of rotatable bonds is 3. The number of morpholine rings is 1. The second-order valence-corrected chi connectivity index (χ2v) is 4.40. The van der Waals surface area contributed by atoms with Gasteiger partial charge in [0.25, 0.3) is 0 Å². The topological polar surface area (TPSA) is 55.6 Å². The summed E-state index contributed by atoms with van der Waals surface area (Å²) in [6.07, 6.45) is 1.94. The van der Waals surface area contributed by atoms with E-state index in [0.717, 1.165) is 12.8 Å². The molecule has 0 bridgehead atoms. The number of ether oxygens (including phenoxy) is 1. The Kier molecular flexibility index (Phi) is 4.54. The molecule has 4 heteroatoms. The van der Waals surface area contributed by atoms with Crippen LogP contribution in [0.3, 0.4) is 0 Å². The van der Waals surface area contributed by atoms with Gasteiger partial charge in [-0.25, -0.2) is 0 Å². The average Bonchev–Trinajstić information content (AvgIpc) is 2.15. The Bertz CT molecular complexity index is 211. The fourth-order valence-corrected chi connectivity index (χ4v) is 2.03. The smallest absolute Gasteiger partial charge is 0.239 e. The summed E-state index contributed by atoms with van der Waals surface area (Å²) in [5.74, 6) is 0.0684. The van der Waals surface area contributed by atoms with E-state index < -0.39 is 0 Å². The fraction of sp³-hybridized carbons (Fsp3) is 0.909. The van der Waals surface area contributed by atoms with E-state index in [1.807, 2.05) is 25.7 Å². The Morgan fingerprint density at radius 2 is 2.00 bits per heavy atom. The molecule has 88 valence electrons. The molecule has 0 aliphatic carbocycles. The van der Waals surface area contributed by atoms with Gasteiger partial charge in [0.05, 0.1) is 18.2 Å². The van der Waals surface area contributed by atoms with Crippen LogP contribution < -0.4 is 5.73 Å². The van der Waals surface area contributed by atoms with Crippen LogP contribution in [0.15, 0.2) is 0 Å². The summed E-state index contributed by atoms with van der Waals surface area (Å²) in [6, 6.07) is -0.340. The van der Waals surface area contributed by atoms with Crippen molar-refractivity contribution in [3.63, 3.8) is 0 Å². The molecule has 0 aromatic carbocycles. The van der Waals surface area contributed by atoms with Gasteiger partial charge in [0.2, 0.25) is 5.91 Å². The maximum Gasteiger partial charge on any atom is 0.239 e. The van der Waals surface area contributed by atoms with Crippen LogP contribution in [-0.2, 0) is 9.53 Å². The first-order valence-corrected chi connectivity index (χ1v) is 5.74. The van der Waals surface area contributed by atoms with E-state index in [1.165, 1.54) is 0 Å². The summed E-state index contributed by atoms with van der Waals surface area (Å²) in [6.45, 7) is 7.35. The van der Waals surface area contributed by atoms with Gasteiger partial charge in [-0.1, -0.05) is 13.3 Å². The number of carbonyl (C=O) groups excluding carboxylic acids is 1. The minimum Gasteiger partial charge on any atom is -0.372 e. The summed E-state index contributed by atoms with van der Waals surface area (Å²) in [5.41, 5.74) is 5.82. The number of nitrogens with zero attached hydrogens (tertiary/aromatic N) is 1. The molecule has 1 fully saturated rings. The predicted octanol–water partition coefficient (Wildman–Crippen LogP) is 0.750. The van der Waals surface area contributed by atoms with E-state index in [2.05, 4.69) is 0 Å². The normalized spacial score (nSPS) is 28.9. The first-order valence-electron chi connectivity index (χ1n) is 5.74. The third kappa shape index (κ3) is 3.47. The third-order valence-electron chi connectivity index (χ3n) is 2.65. The average molecular weight is 214 g/mol. The zero-order valence-corrected chi connectivity index (χ0v) is 9.90. The minimum absolute atomic E-state index is 0.0684. The van der Waals surface area contributed by atoms with Crippen molar-refractivity contribution in [2.24, 2.45) is 5.73 Å². The standard InChI is InChI=1S/C11H22N2O2/c1-4-5-10(12)11(14)13-6-8(2)15-9(3)7-13/h8-10H,4-7,12H2,1-3H3/t8?,9?,10-/m0/s1. The van der Waals surface area contributed by atoms with Crippen LogP contribution in [0.5, 0.6) is 0 Å². The Morgan fingerprint density at radius 3 is 2.47 bits per heavy atom. The summed E-state index contributed by atoms with van der Waals surface area (Å²) >= 11 is 0. The first kappa shape index (κ1) is 12.5.